The lowest BCUT2D eigenvalue weighted by atomic mass is 9.87. The minimum atomic E-state index is -0.903. The van der Waals surface area contributed by atoms with E-state index in [1.54, 1.807) is 19.2 Å². The molecular formula is C12H17NO3S. The van der Waals surface area contributed by atoms with Crippen molar-refractivity contribution in [3.8, 4) is 0 Å². The molecule has 1 atom stereocenters. The highest BCUT2D eigenvalue weighted by Gasteiger charge is 2.31. The van der Waals surface area contributed by atoms with Crippen LogP contribution in [0.2, 0.25) is 0 Å². The predicted molar refractivity (Wildman–Crippen MR) is 67.4 cm³/mol. The standard InChI is InChI=1S/C12H17NO3S/c1-4-12(3,11(15)16)7-13-10(14)9-6-17-5-8(9)2/h5-6H,4,7H2,1-3H3,(H,13,14)(H,15,16). The normalized spacial score (nSPS) is 14.1. The molecule has 0 aliphatic heterocycles. The number of carbonyl (C=O) groups is 2. The Bertz CT molecular complexity index is 427. The maximum absolute atomic E-state index is 11.8. The summed E-state index contributed by atoms with van der Waals surface area (Å²) in [7, 11) is 0. The van der Waals surface area contributed by atoms with Crippen LogP contribution in [-0.4, -0.2) is 23.5 Å². The summed E-state index contributed by atoms with van der Waals surface area (Å²) in [6, 6.07) is 0. The van der Waals surface area contributed by atoms with Gasteiger partial charge in [0.1, 0.15) is 0 Å². The third-order valence-corrected chi connectivity index (χ3v) is 3.90. The molecule has 94 valence electrons. The van der Waals surface area contributed by atoms with E-state index in [0.29, 0.717) is 12.0 Å². The zero-order valence-corrected chi connectivity index (χ0v) is 11.1. The first-order valence-corrected chi connectivity index (χ1v) is 6.39. The van der Waals surface area contributed by atoms with E-state index >= 15 is 0 Å². The molecule has 2 N–H and O–H groups in total. The predicted octanol–water partition coefficient (Wildman–Crippen LogP) is 2.29. The number of carboxylic acid groups (broad SMARTS) is 1. The zero-order chi connectivity index (χ0) is 13.1. The van der Waals surface area contributed by atoms with Crippen LogP contribution >= 0.6 is 11.3 Å². The quantitative estimate of drug-likeness (QED) is 0.848. The topological polar surface area (TPSA) is 66.4 Å². The number of carbonyl (C=O) groups excluding carboxylic acids is 1. The Balaban J connectivity index is 2.66. The summed E-state index contributed by atoms with van der Waals surface area (Å²) in [5.41, 5.74) is 0.638. The number of hydrogen-bond donors (Lipinski definition) is 2. The first kappa shape index (κ1) is 13.7. The van der Waals surface area contributed by atoms with Crippen molar-refractivity contribution in [2.45, 2.75) is 27.2 Å². The van der Waals surface area contributed by atoms with Crippen molar-refractivity contribution >= 4 is 23.2 Å². The summed E-state index contributed by atoms with van der Waals surface area (Å²) in [5.74, 6) is -1.09. The summed E-state index contributed by atoms with van der Waals surface area (Å²) in [4.78, 5) is 22.9. The van der Waals surface area contributed by atoms with Crippen molar-refractivity contribution in [3.63, 3.8) is 0 Å². The number of aryl methyl sites for hydroxylation is 1. The molecule has 1 heterocycles. The van der Waals surface area contributed by atoms with E-state index in [1.165, 1.54) is 11.3 Å². The Morgan fingerprint density at radius 2 is 2.12 bits per heavy atom. The van der Waals surface area contributed by atoms with Gasteiger partial charge in [0, 0.05) is 11.9 Å². The van der Waals surface area contributed by atoms with Crippen molar-refractivity contribution in [2.24, 2.45) is 5.41 Å². The lowest BCUT2D eigenvalue weighted by molar-refractivity contribution is -0.147. The smallest absolute Gasteiger partial charge is 0.311 e. The fraction of sp³-hybridized carbons (Fsp3) is 0.500. The minimum absolute atomic E-state index is 0.146. The van der Waals surface area contributed by atoms with Crippen LogP contribution in [0.25, 0.3) is 0 Å². The number of amides is 1. The summed E-state index contributed by atoms with van der Waals surface area (Å²) < 4.78 is 0. The van der Waals surface area contributed by atoms with Crippen LogP contribution in [0.5, 0.6) is 0 Å². The molecule has 0 radical (unpaired) electrons. The largest absolute Gasteiger partial charge is 0.481 e. The number of aliphatic carboxylic acids is 1. The van der Waals surface area contributed by atoms with E-state index in [0.717, 1.165) is 5.56 Å². The maximum atomic E-state index is 11.8. The Morgan fingerprint density at radius 3 is 2.53 bits per heavy atom. The van der Waals surface area contributed by atoms with Gasteiger partial charge in [0.2, 0.25) is 0 Å². The van der Waals surface area contributed by atoms with Crippen molar-refractivity contribution in [1.82, 2.24) is 5.32 Å². The molecule has 0 fully saturated rings. The van der Waals surface area contributed by atoms with E-state index < -0.39 is 11.4 Å². The summed E-state index contributed by atoms with van der Waals surface area (Å²) in [6.07, 6.45) is 0.477. The Morgan fingerprint density at radius 1 is 1.47 bits per heavy atom. The SMILES string of the molecule is CCC(C)(CNC(=O)c1cscc1C)C(=O)O. The molecule has 1 aromatic rings. The van der Waals surface area contributed by atoms with Crippen LogP contribution in [0.1, 0.15) is 36.2 Å². The van der Waals surface area contributed by atoms with E-state index in [1.807, 2.05) is 12.3 Å². The first-order chi connectivity index (χ1) is 7.90. The zero-order valence-electron chi connectivity index (χ0n) is 10.2. The monoisotopic (exact) mass is 255 g/mol. The van der Waals surface area contributed by atoms with Crippen LogP contribution in [-0.2, 0) is 4.79 Å². The van der Waals surface area contributed by atoms with E-state index in [2.05, 4.69) is 5.32 Å². The van der Waals surface area contributed by atoms with Crippen LogP contribution < -0.4 is 5.32 Å². The van der Waals surface area contributed by atoms with Gasteiger partial charge in [-0.15, -0.1) is 0 Å². The van der Waals surface area contributed by atoms with Crippen molar-refractivity contribution in [3.05, 3.63) is 21.9 Å². The fourth-order valence-electron chi connectivity index (χ4n) is 1.32. The molecule has 1 unspecified atom stereocenters. The molecule has 0 aromatic carbocycles. The molecule has 0 bridgehead atoms. The second-order valence-electron chi connectivity index (χ2n) is 4.37. The maximum Gasteiger partial charge on any atom is 0.311 e. The van der Waals surface area contributed by atoms with Crippen molar-refractivity contribution in [1.29, 1.82) is 0 Å². The number of carboxylic acids is 1. The Kier molecular flexibility index (Phi) is 4.28. The third-order valence-electron chi connectivity index (χ3n) is 3.04. The molecule has 0 aliphatic rings. The Hall–Kier alpha value is -1.36. The van der Waals surface area contributed by atoms with Gasteiger partial charge in [-0.3, -0.25) is 9.59 Å². The average molecular weight is 255 g/mol. The molecular weight excluding hydrogens is 238 g/mol. The molecule has 17 heavy (non-hydrogen) atoms. The van der Waals surface area contributed by atoms with E-state index in [9.17, 15) is 9.59 Å². The van der Waals surface area contributed by atoms with Gasteiger partial charge in [-0.1, -0.05) is 6.92 Å². The Labute approximate surface area is 105 Å². The number of rotatable bonds is 5. The van der Waals surface area contributed by atoms with Gasteiger partial charge in [-0.25, -0.2) is 0 Å². The summed E-state index contributed by atoms with van der Waals surface area (Å²) >= 11 is 1.46. The summed E-state index contributed by atoms with van der Waals surface area (Å²) in [5, 5.41) is 15.4. The highest BCUT2D eigenvalue weighted by molar-refractivity contribution is 7.08. The average Bonchev–Trinajstić information content (AvgIpc) is 2.71. The van der Waals surface area contributed by atoms with Gasteiger partial charge in [0.05, 0.1) is 11.0 Å². The fourth-order valence-corrected chi connectivity index (χ4v) is 2.14. The molecule has 1 amide bonds. The molecule has 0 saturated carbocycles. The van der Waals surface area contributed by atoms with Gasteiger partial charge in [-0.2, -0.15) is 11.3 Å². The third kappa shape index (κ3) is 3.06. The number of hydrogen-bond acceptors (Lipinski definition) is 3. The summed E-state index contributed by atoms with van der Waals surface area (Å²) in [6.45, 7) is 5.45. The second kappa shape index (κ2) is 5.31. The van der Waals surface area contributed by atoms with Crippen LogP contribution in [0.4, 0.5) is 0 Å². The first-order valence-electron chi connectivity index (χ1n) is 5.45. The van der Waals surface area contributed by atoms with Crippen molar-refractivity contribution in [2.75, 3.05) is 6.54 Å². The molecule has 0 saturated heterocycles. The van der Waals surface area contributed by atoms with Gasteiger partial charge in [0.15, 0.2) is 0 Å². The second-order valence-corrected chi connectivity index (χ2v) is 5.11. The molecule has 5 heteroatoms. The van der Waals surface area contributed by atoms with Gasteiger partial charge >= 0.3 is 5.97 Å². The minimum Gasteiger partial charge on any atom is -0.481 e. The van der Waals surface area contributed by atoms with Crippen LogP contribution in [0.3, 0.4) is 0 Å². The molecule has 1 rings (SSSR count). The van der Waals surface area contributed by atoms with Crippen LogP contribution in [0, 0.1) is 12.3 Å². The lowest BCUT2D eigenvalue weighted by Gasteiger charge is -2.23. The lowest BCUT2D eigenvalue weighted by Crippen LogP contribution is -2.40. The van der Waals surface area contributed by atoms with E-state index in [4.69, 9.17) is 5.11 Å². The highest BCUT2D eigenvalue weighted by atomic mass is 32.1. The molecule has 0 spiro atoms. The van der Waals surface area contributed by atoms with Gasteiger partial charge < -0.3 is 10.4 Å². The van der Waals surface area contributed by atoms with E-state index in [-0.39, 0.29) is 12.5 Å². The van der Waals surface area contributed by atoms with Gasteiger partial charge in [-0.05, 0) is 31.2 Å². The molecule has 0 aliphatic carbocycles. The number of nitrogens with one attached hydrogen (secondary N) is 1. The number of thiophene rings is 1. The van der Waals surface area contributed by atoms with Gasteiger partial charge in [0.25, 0.3) is 5.91 Å². The van der Waals surface area contributed by atoms with Crippen LogP contribution in [0.15, 0.2) is 10.8 Å². The van der Waals surface area contributed by atoms with Crippen molar-refractivity contribution < 1.29 is 14.7 Å². The highest BCUT2D eigenvalue weighted by Crippen LogP contribution is 2.20. The molecule has 1 aromatic heterocycles. The molecule has 4 nitrogen and oxygen atoms in total.